The van der Waals surface area contributed by atoms with Gasteiger partial charge in [0.25, 0.3) is 5.91 Å². The first-order chi connectivity index (χ1) is 5.88. The molecule has 2 rings (SSSR count). The predicted molar refractivity (Wildman–Crippen MR) is 43.7 cm³/mol. The molecule has 1 aromatic heterocycles. The van der Waals surface area contributed by atoms with Gasteiger partial charge in [0.15, 0.2) is 5.82 Å². The fourth-order valence-electron chi connectivity index (χ4n) is 1.45. The van der Waals surface area contributed by atoms with Crippen LogP contribution in [0.2, 0.25) is 0 Å². The number of imidazole rings is 1. The van der Waals surface area contributed by atoms with E-state index in [4.69, 9.17) is 0 Å². The van der Waals surface area contributed by atoms with E-state index in [2.05, 4.69) is 9.97 Å². The van der Waals surface area contributed by atoms with E-state index in [1.807, 2.05) is 4.90 Å². The van der Waals surface area contributed by atoms with Gasteiger partial charge >= 0.3 is 0 Å². The second-order valence-corrected chi connectivity index (χ2v) is 2.94. The number of rotatable bonds is 1. The van der Waals surface area contributed by atoms with E-state index in [0.29, 0.717) is 5.82 Å². The third-order valence-corrected chi connectivity index (χ3v) is 2.09. The number of likely N-dealkylation sites (tertiary alicyclic amines) is 1. The van der Waals surface area contributed by atoms with Gasteiger partial charge in [0.1, 0.15) is 0 Å². The van der Waals surface area contributed by atoms with Gasteiger partial charge < -0.3 is 9.88 Å². The standard InChI is InChI=1S/C8H11N3O/c12-8(7-9-3-4-10-7)11-5-1-2-6-11/h3-4H,1-2,5-6H2,(H,9,10). The molecule has 1 N–H and O–H groups in total. The molecular formula is C8H11N3O. The molecule has 2 heterocycles. The lowest BCUT2D eigenvalue weighted by molar-refractivity contribution is 0.0782. The number of H-pyrrole nitrogens is 1. The molecule has 4 heteroatoms. The quantitative estimate of drug-likeness (QED) is 0.664. The Labute approximate surface area is 70.6 Å². The van der Waals surface area contributed by atoms with Crippen LogP contribution in [0.25, 0.3) is 0 Å². The SMILES string of the molecule is O=C(c1ncc[nH]1)N1CCCC1. The summed E-state index contributed by atoms with van der Waals surface area (Å²) in [4.78, 5) is 20.1. The molecule has 1 amide bonds. The molecule has 1 fully saturated rings. The molecule has 1 saturated heterocycles. The smallest absolute Gasteiger partial charge is 0.289 e. The summed E-state index contributed by atoms with van der Waals surface area (Å²) in [5.41, 5.74) is 0. The fourth-order valence-corrected chi connectivity index (χ4v) is 1.45. The van der Waals surface area contributed by atoms with E-state index < -0.39 is 0 Å². The topological polar surface area (TPSA) is 49.0 Å². The average Bonchev–Trinajstić information content (AvgIpc) is 2.77. The summed E-state index contributed by atoms with van der Waals surface area (Å²) in [6.07, 6.45) is 5.51. The van der Waals surface area contributed by atoms with Crippen molar-refractivity contribution in [3.63, 3.8) is 0 Å². The number of aromatic nitrogens is 2. The highest BCUT2D eigenvalue weighted by Crippen LogP contribution is 2.09. The van der Waals surface area contributed by atoms with Gasteiger partial charge in [-0.25, -0.2) is 4.98 Å². The van der Waals surface area contributed by atoms with E-state index in [9.17, 15) is 4.79 Å². The van der Waals surface area contributed by atoms with Crippen molar-refractivity contribution in [3.8, 4) is 0 Å². The Balaban J connectivity index is 2.09. The van der Waals surface area contributed by atoms with Gasteiger partial charge in [-0.15, -0.1) is 0 Å². The number of carbonyl (C=O) groups excluding carboxylic acids is 1. The maximum Gasteiger partial charge on any atom is 0.289 e. The monoisotopic (exact) mass is 165 g/mol. The number of nitrogens with zero attached hydrogens (tertiary/aromatic N) is 2. The third-order valence-electron chi connectivity index (χ3n) is 2.09. The lowest BCUT2D eigenvalue weighted by atomic mass is 10.4. The zero-order chi connectivity index (χ0) is 8.39. The molecule has 0 bridgehead atoms. The molecule has 4 nitrogen and oxygen atoms in total. The maximum absolute atomic E-state index is 11.5. The average molecular weight is 165 g/mol. The Bertz CT molecular complexity index is 262. The minimum Gasteiger partial charge on any atom is -0.341 e. The Morgan fingerprint density at radius 2 is 2.25 bits per heavy atom. The summed E-state index contributed by atoms with van der Waals surface area (Å²) in [6, 6.07) is 0. The van der Waals surface area contributed by atoms with Crippen molar-refractivity contribution in [2.75, 3.05) is 13.1 Å². The normalized spacial score (nSPS) is 16.8. The van der Waals surface area contributed by atoms with Gasteiger partial charge in [-0.2, -0.15) is 0 Å². The number of amides is 1. The summed E-state index contributed by atoms with van der Waals surface area (Å²) in [5.74, 6) is 0.481. The van der Waals surface area contributed by atoms with E-state index in [1.54, 1.807) is 12.4 Å². The molecule has 1 aliphatic rings. The van der Waals surface area contributed by atoms with Crippen molar-refractivity contribution in [2.45, 2.75) is 12.8 Å². The van der Waals surface area contributed by atoms with E-state index in [1.165, 1.54) is 0 Å². The molecule has 12 heavy (non-hydrogen) atoms. The lowest BCUT2D eigenvalue weighted by Crippen LogP contribution is -2.28. The first-order valence-corrected chi connectivity index (χ1v) is 4.16. The predicted octanol–water partition coefficient (Wildman–Crippen LogP) is 0.646. The second kappa shape index (κ2) is 2.97. The van der Waals surface area contributed by atoms with Gasteiger partial charge in [-0.3, -0.25) is 4.79 Å². The van der Waals surface area contributed by atoms with Gasteiger partial charge in [-0.05, 0) is 12.8 Å². The van der Waals surface area contributed by atoms with Crippen LogP contribution in [0.3, 0.4) is 0 Å². The largest absolute Gasteiger partial charge is 0.341 e. The molecule has 0 radical (unpaired) electrons. The van der Waals surface area contributed by atoms with Crippen molar-refractivity contribution in [1.82, 2.24) is 14.9 Å². The highest BCUT2D eigenvalue weighted by atomic mass is 16.2. The van der Waals surface area contributed by atoms with Crippen molar-refractivity contribution in [2.24, 2.45) is 0 Å². The summed E-state index contributed by atoms with van der Waals surface area (Å²) < 4.78 is 0. The van der Waals surface area contributed by atoms with Crippen molar-refractivity contribution in [1.29, 1.82) is 0 Å². The van der Waals surface area contributed by atoms with Crippen LogP contribution >= 0.6 is 0 Å². The summed E-state index contributed by atoms with van der Waals surface area (Å²) in [5, 5.41) is 0. The second-order valence-electron chi connectivity index (χ2n) is 2.94. The van der Waals surface area contributed by atoms with Crippen LogP contribution in [0.1, 0.15) is 23.5 Å². The molecule has 0 aromatic carbocycles. The van der Waals surface area contributed by atoms with E-state index in [0.717, 1.165) is 25.9 Å². The molecular weight excluding hydrogens is 154 g/mol. The Hall–Kier alpha value is -1.32. The summed E-state index contributed by atoms with van der Waals surface area (Å²) >= 11 is 0. The Morgan fingerprint density at radius 1 is 1.50 bits per heavy atom. The molecule has 1 aromatic rings. The van der Waals surface area contributed by atoms with Crippen LogP contribution in [-0.2, 0) is 0 Å². The van der Waals surface area contributed by atoms with Crippen LogP contribution in [0.4, 0.5) is 0 Å². The number of hydrogen-bond donors (Lipinski definition) is 1. The highest BCUT2D eigenvalue weighted by Gasteiger charge is 2.20. The number of carbonyl (C=O) groups is 1. The van der Waals surface area contributed by atoms with E-state index in [-0.39, 0.29) is 5.91 Å². The van der Waals surface area contributed by atoms with Crippen molar-refractivity contribution in [3.05, 3.63) is 18.2 Å². The molecule has 0 atom stereocenters. The van der Waals surface area contributed by atoms with Crippen LogP contribution in [0, 0.1) is 0 Å². The van der Waals surface area contributed by atoms with Gasteiger partial charge in [0.05, 0.1) is 0 Å². The minimum absolute atomic E-state index is 0.0255. The van der Waals surface area contributed by atoms with Crippen LogP contribution in [0.5, 0.6) is 0 Å². The fraction of sp³-hybridized carbons (Fsp3) is 0.500. The minimum atomic E-state index is 0.0255. The Kier molecular flexibility index (Phi) is 1.81. The zero-order valence-electron chi connectivity index (χ0n) is 6.79. The molecule has 0 unspecified atom stereocenters. The maximum atomic E-state index is 11.5. The number of nitrogens with one attached hydrogen (secondary N) is 1. The molecule has 0 saturated carbocycles. The van der Waals surface area contributed by atoms with Crippen LogP contribution in [0.15, 0.2) is 12.4 Å². The molecule has 1 aliphatic heterocycles. The van der Waals surface area contributed by atoms with Gasteiger partial charge in [-0.1, -0.05) is 0 Å². The zero-order valence-corrected chi connectivity index (χ0v) is 6.79. The highest BCUT2D eigenvalue weighted by molar-refractivity contribution is 5.90. The number of hydrogen-bond acceptors (Lipinski definition) is 2. The van der Waals surface area contributed by atoms with Gasteiger partial charge in [0, 0.05) is 25.5 Å². The number of aromatic amines is 1. The van der Waals surface area contributed by atoms with Gasteiger partial charge in [0.2, 0.25) is 0 Å². The molecule has 64 valence electrons. The Morgan fingerprint density at radius 3 is 2.83 bits per heavy atom. The molecule has 0 spiro atoms. The third kappa shape index (κ3) is 1.20. The van der Waals surface area contributed by atoms with Crippen molar-refractivity contribution < 1.29 is 4.79 Å². The first kappa shape index (κ1) is 7.34. The van der Waals surface area contributed by atoms with Crippen LogP contribution in [-0.4, -0.2) is 33.9 Å². The first-order valence-electron chi connectivity index (χ1n) is 4.16. The molecule has 0 aliphatic carbocycles. The van der Waals surface area contributed by atoms with Crippen molar-refractivity contribution >= 4 is 5.91 Å². The summed E-state index contributed by atoms with van der Waals surface area (Å²) in [7, 11) is 0. The lowest BCUT2D eigenvalue weighted by Gasteiger charge is -2.12. The van der Waals surface area contributed by atoms with E-state index >= 15 is 0 Å². The van der Waals surface area contributed by atoms with Crippen LogP contribution < -0.4 is 0 Å². The summed E-state index contributed by atoms with van der Waals surface area (Å²) in [6.45, 7) is 1.75.